The Balaban J connectivity index is 1.54. The predicted molar refractivity (Wildman–Crippen MR) is 96.9 cm³/mol. The lowest BCUT2D eigenvalue weighted by atomic mass is 10.1. The molecule has 1 aliphatic rings. The van der Waals surface area contributed by atoms with Gasteiger partial charge in [-0.3, -0.25) is 4.90 Å². The maximum atomic E-state index is 9.52. The number of aryl methyl sites for hydroxylation is 1. The van der Waals surface area contributed by atoms with Crippen LogP contribution in [0.4, 0.5) is 0 Å². The number of nitrogens with zero attached hydrogens (tertiary/aromatic N) is 2. The molecular formula is C21H22N2O2. The van der Waals surface area contributed by atoms with E-state index in [0.717, 1.165) is 24.1 Å². The van der Waals surface area contributed by atoms with Gasteiger partial charge in [0.1, 0.15) is 6.26 Å². The van der Waals surface area contributed by atoms with E-state index in [4.69, 9.17) is 4.42 Å². The highest BCUT2D eigenvalue weighted by atomic mass is 16.3. The summed E-state index contributed by atoms with van der Waals surface area (Å²) in [6, 6.07) is 18.9. The highest BCUT2D eigenvalue weighted by Crippen LogP contribution is 2.36. The summed E-state index contributed by atoms with van der Waals surface area (Å²) in [4.78, 5) is 6.94. The number of oxazole rings is 1. The summed E-state index contributed by atoms with van der Waals surface area (Å²) in [7, 11) is 0. The lowest BCUT2D eigenvalue weighted by molar-refractivity contribution is 0.141. The van der Waals surface area contributed by atoms with E-state index in [2.05, 4.69) is 34.1 Å². The summed E-state index contributed by atoms with van der Waals surface area (Å²) < 4.78 is 5.66. The number of fused-ring (bicyclic) bond motifs is 1. The summed E-state index contributed by atoms with van der Waals surface area (Å²) in [5, 5.41) is 9.52. The number of aliphatic hydroxyl groups is 1. The molecule has 25 heavy (non-hydrogen) atoms. The van der Waals surface area contributed by atoms with Crippen LogP contribution in [-0.4, -0.2) is 28.1 Å². The Morgan fingerprint density at radius 1 is 1.08 bits per heavy atom. The third-order valence-corrected chi connectivity index (χ3v) is 4.87. The molecule has 2 aromatic carbocycles. The molecule has 0 fully saturated rings. The second-order valence-corrected chi connectivity index (χ2v) is 6.46. The van der Waals surface area contributed by atoms with Crippen molar-refractivity contribution in [1.82, 2.24) is 9.88 Å². The predicted octanol–water partition coefficient (Wildman–Crippen LogP) is 3.82. The van der Waals surface area contributed by atoms with Crippen molar-refractivity contribution in [2.75, 3.05) is 13.2 Å². The molecule has 3 aromatic rings. The van der Waals surface area contributed by atoms with Gasteiger partial charge in [-0.05, 0) is 36.1 Å². The van der Waals surface area contributed by atoms with Crippen molar-refractivity contribution in [3.8, 4) is 11.5 Å². The smallest absolute Gasteiger partial charge is 0.226 e. The van der Waals surface area contributed by atoms with Crippen molar-refractivity contribution in [3.63, 3.8) is 0 Å². The Hall–Kier alpha value is -2.43. The minimum Gasteiger partial charge on any atom is -0.444 e. The van der Waals surface area contributed by atoms with Crippen molar-refractivity contribution >= 4 is 0 Å². The SMILES string of the molecule is OCCN(Cc1coc(-c2ccccc2)n1)C1CCc2ccccc21. The number of hydrogen-bond donors (Lipinski definition) is 1. The molecule has 1 atom stereocenters. The average Bonchev–Trinajstić information content (AvgIpc) is 3.29. The number of hydrogen-bond acceptors (Lipinski definition) is 4. The van der Waals surface area contributed by atoms with E-state index in [9.17, 15) is 5.11 Å². The van der Waals surface area contributed by atoms with Crippen LogP contribution in [0.15, 0.2) is 65.3 Å². The van der Waals surface area contributed by atoms with E-state index in [1.165, 1.54) is 11.1 Å². The fraction of sp³-hybridized carbons (Fsp3) is 0.286. The van der Waals surface area contributed by atoms with Crippen molar-refractivity contribution in [2.24, 2.45) is 0 Å². The molecule has 0 amide bonds. The van der Waals surface area contributed by atoms with E-state index in [0.29, 0.717) is 25.0 Å². The fourth-order valence-corrected chi connectivity index (χ4v) is 3.69. The molecular weight excluding hydrogens is 312 g/mol. The van der Waals surface area contributed by atoms with E-state index in [-0.39, 0.29) is 6.61 Å². The first-order valence-corrected chi connectivity index (χ1v) is 8.77. The average molecular weight is 334 g/mol. The largest absolute Gasteiger partial charge is 0.444 e. The molecule has 0 aliphatic heterocycles. The molecule has 1 N–H and O–H groups in total. The Morgan fingerprint density at radius 3 is 2.72 bits per heavy atom. The molecule has 1 aromatic heterocycles. The van der Waals surface area contributed by atoms with E-state index in [1.807, 2.05) is 30.3 Å². The maximum absolute atomic E-state index is 9.52. The van der Waals surface area contributed by atoms with Gasteiger partial charge < -0.3 is 9.52 Å². The summed E-state index contributed by atoms with van der Waals surface area (Å²) in [6.07, 6.45) is 3.91. The second kappa shape index (κ2) is 7.21. The van der Waals surface area contributed by atoms with E-state index >= 15 is 0 Å². The quantitative estimate of drug-likeness (QED) is 0.744. The van der Waals surface area contributed by atoms with E-state index < -0.39 is 0 Å². The summed E-state index contributed by atoms with van der Waals surface area (Å²) in [5.74, 6) is 0.645. The van der Waals surface area contributed by atoms with Gasteiger partial charge in [0, 0.05) is 24.7 Å². The van der Waals surface area contributed by atoms with Gasteiger partial charge in [0.15, 0.2) is 0 Å². The first kappa shape index (κ1) is 16.1. The van der Waals surface area contributed by atoms with Crippen molar-refractivity contribution < 1.29 is 9.52 Å². The molecule has 128 valence electrons. The number of benzene rings is 2. The number of aromatic nitrogens is 1. The van der Waals surface area contributed by atoms with Gasteiger partial charge >= 0.3 is 0 Å². The molecule has 4 nitrogen and oxygen atoms in total. The monoisotopic (exact) mass is 334 g/mol. The minimum atomic E-state index is 0.141. The highest BCUT2D eigenvalue weighted by Gasteiger charge is 2.28. The number of aliphatic hydroxyl groups excluding tert-OH is 1. The van der Waals surface area contributed by atoms with Gasteiger partial charge in [-0.1, -0.05) is 42.5 Å². The van der Waals surface area contributed by atoms with Crippen LogP contribution in [-0.2, 0) is 13.0 Å². The van der Waals surface area contributed by atoms with E-state index in [1.54, 1.807) is 6.26 Å². The van der Waals surface area contributed by atoms with Gasteiger partial charge in [-0.25, -0.2) is 4.98 Å². The van der Waals surface area contributed by atoms with Crippen LogP contribution in [0.25, 0.3) is 11.5 Å². The molecule has 1 aliphatic carbocycles. The van der Waals surface area contributed by atoms with Gasteiger partial charge in [0.05, 0.1) is 12.3 Å². The molecule has 4 heteroatoms. The molecule has 1 heterocycles. The Kier molecular flexibility index (Phi) is 4.63. The summed E-state index contributed by atoms with van der Waals surface area (Å²) >= 11 is 0. The Bertz CT molecular complexity index is 829. The third kappa shape index (κ3) is 3.36. The summed E-state index contributed by atoms with van der Waals surface area (Å²) in [6.45, 7) is 1.45. The van der Waals surface area contributed by atoms with Gasteiger partial charge in [-0.2, -0.15) is 0 Å². The minimum absolute atomic E-state index is 0.141. The first-order valence-electron chi connectivity index (χ1n) is 8.77. The molecule has 0 saturated heterocycles. The lowest BCUT2D eigenvalue weighted by Crippen LogP contribution is -2.30. The van der Waals surface area contributed by atoms with Crippen LogP contribution >= 0.6 is 0 Å². The van der Waals surface area contributed by atoms with Crippen molar-refractivity contribution in [2.45, 2.75) is 25.4 Å². The zero-order chi connectivity index (χ0) is 17.1. The second-order valence-electron chi connectivity index (χ2n) is 6.46. The normalized spacial score (nSPS) is 16.3. The third-order valence-electron chi connectivity index (χ3n) is 4.87. The van der Waals surface area contributed by atoms with Gasteiger partial charge in [0.25, 0.3) is 0 Å². The van der Waals surface area contributed by atoms with Crippen LogP contribution in [0.2, 0.25) is 0 Å². The van der Waals surface area contributed by atoms with Crippen LogP contribution in [0.3, 0.4) is 0 Å². The van der Waals surface area contributed by atoms with Crippen LogP contribution in [0.5, 0.6) is 0 Å². The zero-order valence-electron chi connectivity index (χ0n) is 14.1. The van der Waals surface area contributed by atoms with Gasteiger partial charge in [-0.15, -0.1) is 0 Å². The van der Waals surface area contributed by atoms with Crippen LogP contribution in [0.1, 0.15) is 29.3 Å². The zero-order valence-corrected chi connectivity index (χ0v) is 14.1. The van der Waals surface area contributed by atoms with Crippen molar-refractivity contribution in [3.05, 3.63) is 77.7 Å². The molecule has 4 rings (SSSR count). The topological polar surface area (TPSA) is 49.5 Å². The molecule has 0 bridgehead atoms. The number of rotatable bonds is 6. The first-order chi connectivity index (χ1) is 12.3. The molecule has 0 radical (unpaired) electrons. The maximum Gasteiger partial charge on any atom is 0.226 e. The van der Waals surface area contributed by atoms with Gasteiger partial charge in [0.2, 0.25) is 5.89 Å². The summed E-state index contributed by atoms with van der Waals surface area (Å²) in [5.41, 5.74) is 4.67. The fourth-order valence-electron chi connectivity index (χ4n) is 3.69. The van der Waals surface area contributed by atoms with Crippen LogP contribution < -0.4 is 0 Å². The molecule has 0 saturated carbocycles. The lowest BCUT2D eigenvalue weighted by Gasteiger charge is -2.28. The Morgan fingerprint density at radius 2 is 1.88 bits per heavy atom. The molecule has 0 spiro atoms. The van der Waals surface area contributed by atoms with Crippen molar-refractivity contribution in [1.29, 1.82) is 0 Å². The highest BCUT2D eigenvalue weighted by molar-refractivity contribution is 5.52. The Labute approximate surface area is 147 Å². The van der Waals surface area contributed by atoms with Crippen LogP contribution in [0, 0.1) is 0 Å². The standard InChI is InChI=1S/C21H22N2O2/c24-13-12-23(20-11-10-16-6-4-5-9-19(16)20)14-18-15-25-21(22-18)17-7-2-1-3-8-17/h1-9,15,20,24H,10-14H2. The molecule has 1 unspecified atom stereocenters.